The van der Waals surface area contributed by atoms with Crippen LogP contribution in [0, 0.1) is 12.8 Å². The zero-order valence-corrected chi connectivity index (χ0v) is 16.2. The second-order valence-electron chi connectivity index (χ2n) is 7.36. The first-order chi connectivity index (χ1) is 13.5. The number of nitrogens with one attached hydrogen (secondary N) is 2. The summed E-state index contributed by atoms with van der Waals surface area (Å²) >= 11 is 0. The summed E-state index contributed by atoms with van der Waals surface area (Å²) < 4.78 is 0. The summed E-state index contributed by atoms with van der Waals surface area (Å²) in [6.45, 7) is 4.53. The lowest BCUT2D eigenvalue weighted by Crippen LogP contribution is -2.38. The van der Waals surface area contributed by atoms with Gasteiger partial charge < -0.3 is 21.3 Å². The van der Waals surface area contributed by atoms with Crippen LogP contribution in [0.25, 0.3) is 0 Å². The summed E-state index contributed by atoms with van der Waals surface area (Å²) in [4.78, 5) is 26.2. The topological polar surface area (TPSA) is 87.5 Å². The SMILES string of the molecule is Cc1ccccc1[C@H](CC(=O)NC[C@H]1CCN(c2ccccc2)C1)NC(N)=O. The Morgan fingerprint density at radius 3 is 2.57 bits per heavy atom. The van der Waals surface area contributed by atoms with Gasteiger partial charge in [-0.25, -0.2) is 4.79 Å². The number of hydrogen-bond acceptors (Lipinski definition) is 3. The van der Waals surface area contributed by atoms with Crippen molar-refractivity contribution < 1.29 is 9.59 Å². The van der Waals surface area contributed by atoms with Crippen molar-refractivity contribution in [1.29, 1.82) is 0 Å². The zero-order valence-electron chi connectivity index (χ0n) is 16.2. The van der Waals surface area contributed by atoms with Gasteiger partial charge in [-0.15, -0.1) is 0 Å². The van der Waals surface area contributed by atoms with E-state index < -0.39 is 12.1 Å². The predicted octanol–water partition coefficient (Wildman–Crippen LogP) is 2.74. The summed E-state index contributed by atoms with van der Waals surface area (Å²) in [7, 11) is 0. The van der Waals surface area contributed by atoms with Gasteiger partial charge in [-0.1, -0.05) is 42.5 Å². The van der Waals surface area contributed by atoms with Crippen molar-refractivity contribution >= 4 is 17.6 Å². The molecular weight excluding hydrogens is 352 g/mol. The predicted molar refractivity (Wildman–Crippen MR) is 111 cm³/mol. The molecule has 4 N–H and O–H groups in total. The molecule has 0 bridgehead atoms. The lowest BCUT2D eigenvalue weighted by Gasteiger charge is -2.21. The molecule has 3 amide bonds. The van der Waals surface area contributed by atoms with Gasteiger partial charge >= 0.3 is 6.03 Å². The number of amides is 3. The van der Waals surface area contributed by atoms with E-state index >= 15 is 0 Å². The van der Waals surface area contributed by atoms with Crippen LogP contribution >= 0.6 is 0 Å². The molecule has 3 rings (SSSR count). The monoisotopic (exact) mass is 380 g/mol. The number of para-hydroxylation sites is 1. The van der Waals surface area contributed by atoms with Crippen molar-refractivity contribution in [2.75, 3.05) is 24.5 Å². The van der Waals surface area contributed by atoms with Gasteiger partial charge in [0.05, 0.1) is 12.5 Å². The first kappa shape index (κ1) is 19.7. The Bertz CT molecular complexity index is 809. The van der Waals surface area contributed by atoms with Crippen molar-refractivity contribution in [3.05, 3.63) is 65.7 Å². The highest BCUT2D eigenvalue weighted by Gasteiger charge is 2.24. The van der Waals surface area contributed by atoms with E-state index in [9.17, 15) is 9.59 Å². The average molecular weight is 380 g/mol. The van der Waals surface area contributed by atoms with Crippen LogP contribution in [0.15, 0.2) is 54.6 Å². The fourth-order valence-electron chi connectivity index (χ4n) is 3.78. The third-order valence-corrected chi connectivity index (χ3v) is 5.26. The van der Waals surface area contributed by atoms with Crippen molar-refractivity contribution in [3.63, 3.8) is 0 Å². The number of urea groups is 1. The molecular formula is C22H28N4O2. The maximum absolute atomic E-state index is 12.5. The Hall–Kier alpha value is -3.02. The Balaban J connectivity index is 1.52. The van der Waals surface area contributed by atoms with Crippen LogP contribution in [0.4, 0.5) is 10.5 Å². The van der Waals surface area contributed by atoms with Crippen LogP contribution < -0.4 is 21.3 Å². The lowest BCUT2D eigenvalue weighted by atomic mass is 9.98. The van der Waals surface area contributed by atoms with Gasteiger partial charge in [-0.2, -0.15) is 0 Å². The van der Waals surface area contributed by atoms with Gasteiger partial charge in [0.15, 0.2) is 0 Å². The first-order valence-electron chi connectivity index (χ1n) is 9.71. The van der Waals surface area contributed by atoms with E-state index in [1.54, 1.807) is 0 Å². The van der Waals surface area contributed by atoms with Crippen molar-refractivity contribution in [2.24, 2.45) is 11.7 Å². The van der Waals surface area contributed by atoms with Crippen molar-refractivity contribution in [3.8, 4) is 0 Å². The minimum atomic E-state index is -0.629. The molecule has 1 aliphatic rings. The van der Waals surface area contributed by atoms with Crippen LogP contribution in [0.1, 0.15) is 30.0 Å². The molecule has 1 saturated heterocycles. The van der Waals surface area contributed by atoms with Gasteiger partial charge in [0.25, 0.3) is 0 Å². The summed E-state index contributed by atoms with van der Waals surface area (Å²) in [5.41, 5.74) is 8.46. The number of carbonyl (C=O) groups is 2. The number of benzene rings is 2. The molecule has 6 heteroatoms. The van der Waals surface area contributed by atoms with E-state index in [-0.39, 0.29) is 12.3 Å². The molecule has 6 nitrogen and oxygen atoms in total. The molecule has 1 aliphatic heterocycles. The molecule has 1 fully saturated rings. The molecule has 2 aromatic carbocycles. The highest BCUT2D eigenvalue weighted by atomic mass is 16.2. The van der Waals surface area contributed by atoms with Crippen molar-refractivity contribution in [2.45, 2.75) is 25.8 Å². The molecule has 2 atom stereocenters. The quantitative estimate of drug-likeness (QED) is 0.690. The molecule has 0 radical (unpaired) electrons. The van der Waals surface area contributed by atoms with Crippen LogP contribution in [-0.2, 0) is 4.79 Å². The lowest BCUT2D eigenvalue weighted by molar-refractivity contribution is -0.121. The van der Waals surface area contributed by atoms with E-state index in [0.717, 1.165) is 30.6 Å². The number of nitrogens with two attached hydrogens (primary N) is 1. The number of hydrogen-bond donors (Lipinski definition) is 3. The number of aryl methyl sites for hydroxylation is 1. The number of nitrogens with zero attached hydrogens (tertiary/aromatic N) is 1. The largest absolute Gasteiger partial charge is 0.371 e. The smallest absolute Gasteiger partial charge is 0.312 e. The standard InChI is InChI=1S/C22H28N4O2/c1-16-7-5-6-10-19(16)20(25-22(23)28)13-21(27)24-14-17-11-12-26(15-17)18-8-3-2-4-9-18/h2-10,17,20H,11-15H2,1H3,(H,24,27)(H3,23,25,28)/t17-,20+/m1/s1. The fraction of sp³-hybridized carbons (Fsp3) is 0.364. The minimum absolute atomic E-state index is 0.0832. The molecule has 1 heterocycles. The van der Waals surface area contributed by atoms with Crippen LogP contribution in [0.2, 0.25) is 0 Å². The molecule has 2 aromatic rings. The summed E-state index contributed by atoms with van der Waals surface area (Å²) in [6.07, 6.45) is 1.22. The van der Waals surface area contributed by atoms with E-state index in [1.807, 2.05) is 49.4 Å². The van der Waals surface area contributed by atoms with Gasteiger partial charge in [0.2, 0.25) is 5.91 Å². The maximum atomic E-state index is 12.5. The minimum Gasteiger partial charge on any atom is -0.371 e. The van der Waals surface area contributed by atoms with Crippen LogP contribution in [-0.4, -0.2) is 31.6 Å². The Labute approximate surface area is 166 Å². The third-order valence-electron chi connectivity index (χ3n) is 5.26. The van der Waals surface area contributed by atoms with E-state index in [1.165, 1.54) is 5.69 Å². The zero-order chi connectivity index (χ0) is 19.9. The summed E-state index contributed by atoms with van der Waals surface area (Å²) in [5, 5.41) is 5.73. The Kier molecular flexibility index (Phi) is 6.53. The van der Waals surface area contributed by atoms with Crippen LogP contribution in [0.3, 0.4) is 0 Å². The normalized spacial score (nSPS) is 17.2. The Morgan fingerprint density at radius 1 is 1.14 bits per heavy atom. The maximum Gasteiger partial charge on any atom is 0.312 e. The van der Waals surface area contributed by atoms with E-state index in [0.29, 0.717) is 12.5 Å². The third kappa shape index (κ3) is 5.25. The molecule has 0 saturated carbocycles. The number of anilines is 1. The van der Waals surface area contributed by atoms with Gasteiger partial charge in [0.1, 0.15) is 0 Å². The molecule has 0 aliphatic carbocycles. The molecule has 0 unspecified atom stereocenters. The summed E-state index contributed by atoms with van der Waals surface area (Å²) in [6, 6.07) is 17.0. The van der Waals surface area contributed by atoms with Crippen molar-refractivity contribution in [1.82, 2.24) is 10.6 Å². The first-order valence-corrected chi connectivity index (χ1v) is 9.71. The number of rotatable bonds is 7. The molecule has 148 valence electrons. The van der Waals surface area contributed by atoms with Crippen LogP contribution in [0.5, 0.6) is 0 Å². The molecule has 0 aromatic heterocycles. The molecule has 28 heavy (non-hydrogen) atoms. The molecule has 0 spiro atoms. The van der Waals surface area contributed by atoms with Gasteiger partial charge in [-0.05, 0) is 42.5 Å². The Morgan fingerprint density at radius 2 is 1.86 bits per heavy atom. The van der Waals surface area contributed by atoms with Gasteiger partial charge in [0, 0.05) is 25.3 Å². The number of primary amides is 1. The highest BCUT2D eigenvalue weighted by molar-refractivity contribution is 5.79. The summed E-state index contributed by atoms with van der Waals surface area (Å²) in [5.74, 6) is 0.338. The fourth-order valence-corrected chi connectivity index (χ4v) is 3.78. The second kappa shape index (κ2) is 9.26. The highest BCUT2D eigenvalue weighted by Crippen LogP contribution is 2.23. The van der Waals surface area contributed by atoms with E-state index in [4.69, 9.17) is 5.73 Å². The number of carbonyl (C=O) groups excluding carboxylic acids is 2. The van der Waals surface area contributed by atoms with E-state index in [2.05, 4.69) is 27.7 Å². The average Bonchev–Trinajstić information content (AvgIpc) is 3.16. The second-order valence-corrected chi connectivity index (χ2v) is 7.36. The van der Waals surface area contributed by atoms with Gasteiger partial charge in [-0.3, -0.25) is 4.79 Å².